The van der Waals surface area contributed by atoms with Gasteiger partial charge in [0.15, 0.2) is 0 Å². The number of hydrogen-bond acceptors (Lipinski definition) is 2. The molecule has 3 amide bonds. The van der Waals surface area contributed by atoms with E-state index in [0.29, 0.717) is 28.7 Å². The zero-order chi connectivity index (χ0) is 16.4. The molecule has 1 aliphatic heterocycles. The highest BCUT2D eigenvalue weighted by Gasteiger charge is 2.34. The molecule has 2 aromatic rings. The van der Waals surface area contributed by atoms with Gasteiger partial charge in [-0.05, 0) is 42.0 Å². The van der Waals surface area contributed by atoms with Crippen molar-refractivity contribution < 1.29 is 9.59 Å². The third-order valence-electron chi connectivity index (χ3n) is 3.81. The number of anilines is 1. The van der Waals surface area contributed by atoms with Crippen LogP contribution in [0.25, 0.3) is 0 Å². The molecule has 0 aromatic heterocycles. The molecule has 0 spiro atoms. The van der Waals surface area contributed by atoms with Crippen LogP contribution in [0.1, 0.15) is 17.9 Å². The lowest BCUT2D eigenvalue weighted by Gasteiger charge is -2.16. The first-order valence-electron chi connectivity index (χ1n) is 7.15. The number of imide groups is 1. The first-order valence-corrected chi connectivity index (χ1v) is 7.91. The van der Waals surface area contributed by atoms with Crippen molar-refractivity contribution >= 4 is 40.8 Å². The van der Waals surface area contributed by atoms with Gasteiger partial charge in [0.1, 0.15) is 0 Å². The maximum Gasteiger partial charge on any atom is 0.328 e. The lowest BCUT2D eigenvalue weighted by atomic mass is 9.98. The van der Waals surface area contributed by atoms with Gasteiger partial charge in [-0.25, -0.2) is 4.79 Å². The van der Waals surface area contributed by atoms with Gasteiger partial charge in [-0.15, -0.1) is 0 Å². The van der Waals surface area contributed by atoms with Crippen molar-refractivity contribution in [2.75, 3.05) is 11.9 Å². The Morgan fingerprint density at radius 1 is 1.00 bits per heavy atom. The van der Waals surface area contributed by atoms with Crippen LogP contribution >= 0.6 is 23.2 Å². The smallest absolute Gasteiger partial charge is 0.307 e. The molecule has 2 aromatic carbocycles. The van der Waals surface area contributed by atoms with Crippen LogP contribution in [0.5, 0.6) is 0 Å². The highest BCUT2D eigenvalue weighted by Crippen LogP contribution is 2.29. The number of nitrogens with one attached hydrogen (secondary N) is 1. The number of rotatable bonds is 2. The molecule has 6 heteroatoms. The van der Waals surface area contributed by atoms with Crippen molar-refractivity contribution in [3.05, 3.63) is 64.1 Å². The summed E-state index contributed by atoms with van der Waals surface area (Å²) in [6.07, 6.45) is 0.315. The van der Waals surface area contributed by atoms with Gasteiger partial charge in [0.05, 0.1) is 0 Å². The topological polar surface area (TPSA) is 49.4 Å². The zero-order valence-corrected chi connectivity index (χ0v) is 13.6. The van der Waals surface area contributed by atoms with E-state index in [1.54, 1.807) is 36.4 Å². The first-order chi connectivity index (χ1) is 11.0. The Morgan fingerprint density at radius 2 is 1.57 bits per heavy atom. The molecule has 0 aliphatic carbocycles. The van der Waals surface area contributed by atoms with Crippen LogP contribution in [0.4, 0.5) is 10.5 Å². The van der Waals surface area contributed by atoms with Crippen LogP contribution in [-0.4, -0.2) is 23.4 Å². The molecule has 1 saturated heterocycles. The molecule has 1 aliphatic rings. The number of hydrogen-bond donors (Lipinski definition) is 1. The molecule has 3 rings (SSSR count). The monoisotopic (exact) mass is 348 g/mol. The number of benzene rings is 2. The Labute approximate surface area is 144 Å². The molecule has 0 radical (unpaired) electrons. The van der Waals surface area contributed by atoms with E-state index in [1.807, 2.05) is 12.1 Å². The van der Waals surface area contributed by atoms with Crippen LogP contribution in [0.15, 0.2) is 48.5 Å². The molecule has 1 atom stereocenters. The van der Waals surface area contributed by atoms with Crippen LogP contribution in [0, 0.1) is 0 Å². The summed E-state index contributed by atoms with van der Waals surface area (Å²) in [6.45, 7) is 0.361. The second kappa shape index (κ2) is 6.60. The second-order valence-electron chi connectivity index (χ2n) is 5.39. The molecule has 23 heavy (non-hydrogen) atoms. The third kappa shape index (κ3) is 3.66. The van der Waals surface area contributed by atoms with E-state index in [-0.39, 0.29) is 11.8 Å². The standard InChI is InChI=1S/C17H14Cl2N2O2/c18-13-3-1-11(2-4-13)12-9-16(22)21(10-12)17(23)20-15-7-5-14(19)6-8-15/h1-8,12H,9-10H2,(H,20,23). The van der Waals surface area contributed by atoms with Gasteiger partial charge < -0.3 is 5.32 Å². The minimum atomic E-state index is -0.422. The molecule has 1 fully saturated rings. The average Bonchev–Trinajstić information content (AvgIpc) is 2.92. The Hall–Kier alpha value is -2.04. The number of amides is 3. The van der Waals surface area contributed by atoms with Gasteiger partial charge >= 0.3 is 6.03 Å². The van der Waals surface area contributed by atoms with E-state index >= 15 is 0 Å². The Morgan fingerprint density at radius 3 is 2.17 bits per heavy atom. The Balaban J connectivity index is 1.68. The van der Waals surface area contributed by atoms with Crippen molar-refractivity contribution in [2.24, 2.45) is 0 Å². The van der Waals surface area contributed by atoms with Crippen molar-refractivity contribution in [2.45, 2.75) is 12.3 Å². The molecule has 4 nitrogen and oxygen atoms in total. The maximum absolute atomic E-state index is 12.3. The Kier molecular flexibility index (Phi) is 4.55. The van der Waals surface area contributed by atoms with E-state index in [1.165, 1.54) is 4.90 Å². The lowest BCUT2D eigenvalue weighted by molar-refractivity contribution is -0.125. The van der Waals surface area contributed by atoms with E-state index in [9.17, 15) is 9.59 Å². The summed E-state index contributed by atoms with van der Waals surface area (Å²) in [5, 5.41) is 3.94. The van der Waals surface area contributed by atoms with Crippen molar-refractivity contribution in [1.29, 1.82) is 0 Å². The molecule has 1 N–H and O–H groups in total. The fourth-order valence-corrected chi connectivity index (χ4v) is 2.84. The van der Waals surface area contributed by atoms with E-state index in [2.05, 4.69) is 5.32 Å². The molecule has 1 unspecified atom stereocenters. The molecule has 0 bridgehead atoms. The molecule has 1 heterocycles. The number of halogens is 2. The third-order valence-corrected chi connectivity index (χ3v) is 4.31. The van der Waals surface area contributed by atoms with Gasteiger partial charge in [0.25, 0.3) is 0 Å². The predicted molar refractivity (Wildman–Crippen MR) is 91.0 cm³/mol. The lowest BCUT2D eigenvalue weighted by Crippen LogP contribution is -2.36. The normalized spacial score (nSPS) is 17.4. The van der Waals surface area contributed by atoms with Gasteiger partial charge in [0, 0.05) is 34.6 Å². The minimum Gasteiger partial charge on any atom is -0.307 e. The summed E-state index contributed by atoms with van der Waals surface area (Å²) >= 11 is 11.7. The molecule has 0 saturated carbocycles. The highest BCUT2D eigenvalue weighted by atomic mass is 35.5. The number of carbonyl (C=O) groups excluding carboxylic acids is 2. The SMILES string of the molecule is O=C1CC(c2ccc(Cl)cc2)CN1C(=O)Nc1ccc(Cl)cc1. The van der Waals surface area contributed by atoms with E-state index < -0.39 is 6.03 Å². The molecule has 118 valence electrons. The van der Waals surface area contributed by atoms with Crippen LogP contribution in [0.2, 0.25) is 10.0 Å². The van der Waals surface area contributed by atoms with E-state index in [4.69, 9.17) is 23.2 Å². The largest absolute Gasteiger partial charge is 0.328 e. The van der Waals surface area contributed by atoms with Crippen LogP contribution < -0.4 is 5.32 Å². The zero-order valence-electron chi connectivity index (χ0n) is 12.1. The van der Waals surface area contributed by atoms with Crippen molar-refractivity contribution in [1.82, 2.24) is 4.90 Å². The summed E-state index contributed by atoms with van der Waals surface area (Å²) in [5.74, 6) is -0.188. The van der Waals surface area contributed by atoms with E-state index in [0.717, 1.165) is 5.56 Å². The average molecular weight is 349 g/mol. The summed E-state index contributed by atoms with van der Waals surface area (Å²) in [6, 6.07) is 13.7. The molecular weight excluding hydrogens is 335 g/mol. The van der Waals surface area contributed by atoms with Gasteiger partial charge in [-0.1, -0.05) is 35.3 Å². The van der Waals surface area contributed by atoms with Crippen LogP contribution in [-0.2, 0) is 4.79 Å². The quantitative estimate of drug-likeness (QED) is 0.865. The summed E-state index contributed by atoms with van der Waals surface area (Å²) in [4.78, 5) is 25.7. The molecular formula is C17H14Cl2N2O2. The summed E-state index contributed by atoms with van der Waals surface area (Å²) < 4.78 is 0. The van der Waals surface area contributed by atoms with Gasteiger partial charge in [-0.2, -0.15) is 0 Å². The predicted octanol–water partition coefficient (Wildman–Crippen LogP) is 4.54. The number of urea groups is 1. The van der Waals surface area contributed by atoms with Crippen molar-refractivity contribution in [3.8, 4) is 0 Å². The number of nitrogens with zero attached hydrogens (tertiary/aromatic N) is 1. The maximum atomic E-state index is 12.3. The van der Waals surface area contributed by atoms with Gasteiger partial charge in [0.2, 0.25) is 5.91 Å². The highest BCUT2D eigenvalue weighted by molar-refractivity contribution is 6.30. The second-order valence-corrected chi connectivity index (χ2v) is 6.27. The first kappa shape index (κ1) is 15.8. The fraction of sp³-hybridized carbons (Fsp3) is 0.176. The fourth-order valence-electron chi connectivity index (χ4n) is 2.59. The van der Waals surface area contributed by atoms with Gasteiger partial charge in [-0.3, -0.25) is 9.69 Å². The number of carbonyl (C=O) groups is 2. The van der Waals surface area contributed by atoms with Crippen LogP contribution in [0.3, 0.4) is 0 Å². The minimum absolute atomic E-state index is 0.00395. The Bertz CT molecular complexity index is 729. The van der Waals surface area contributed by atoms with Crippen molar-refractivity contribution in [3.63, 3.8) is 0 Å². The number of likely N-dealkylation sites (tertiary alicyclic amines) is 1. The summed E-state index contributed by atoms with van der Waals surface area (Å²) in [5.41, 5.74) is 1.60. The summed E-state index contributed by atoms with van der Waals surface area (Å²) in [7, 11) is 0.